The first kappa shape index (κ1) is 19.0. The molecule has 0 spiro atoms. The van der Waals surface area contributed by atoms with Crippen LogP contribution in [0.25, 0.3) is 10.9 Å². The lowest BCUT2D eigenvalue weighted by molar-refractivity contribution is -0.121. The molecule has 1 amide bonds. The molecule has 3 aromatic rings. The summed E-state index contributed by atoms with van der Waals surface area (Å²) < 4.78 is 1.47. The Morgan fingerprint density at radius 3 is 2.79 bits per heavy atom. The van der Waals surface area contributed by atoms with Crippen molar-refractivity contribution >= 4 is 22.8 Å². The second kappa shape index (κ2) is 8.38. The van der Waals surface area contributed by atoms with Gasteiger partial charge in [0.2, 0.25) is 11.9 Å². The third-order valence-corrected chi connectivity index (χ3v) is 5.06. The lowest BCUT2D eigenvalue weighted by atomic mass is 10.2. The van der Waals surface area contributed by atoms with E-state index in [0.29, 0.717) is 17.4 Å². The van der Waals surface area contributed by atoms with E-state index in [9.17, 15) is 9.59 Å². The van der Waals surface area contributed by atoms with E-state index in [1.165, 1.54) is 10.9 Å². The molecular weight excluding hydrogens is 368 g/mol. The van der Waals surface area contributed by atoms with Crippen molar-refractivity contribution in [3.05, 3.63) is 58.4 Å². The van der Waals surface area contributed by atoms with E-state index in [1.807, 2.05) is 25.1 Å². The SMILES string of the molecule is Cc1cc(CNC(=O)CCn2cnc3ccccc3c2=O)nc(N2CCCC2)n1. The number of aromatic nitrogens is 4. The summed E-state index contributed by atoms with van der Waals surface area (Å²) in [7, 11) is 0. The van der Waals surface area contributed by atoms with Gasteiger partial charge in [-0.2, -0.15) is 0 Å². The zero-order chi connectivity index (χ0) is 20.2. The molecule has 1 aromatic carbocycles. The van der Waals surface area contributed by atoms with Crippen LogP contribution < -0.4 is 15.8 Å². The lowest BCUT2D eigenvalue weighted by Gasteiger charge is -2.16. The van der Waals surface area contributed by atoms with Gasteiger partial charge in [0.05, 0.1) is 29.5 Å². The molecule has 1 fully saturated rings. The van der Waals surface area contributed by atoms with Crippen molar-refractivity contribution in [3.8, 4) is 0 Å². The van der Waals surface area contributed by atoms with Crippen LogP contribution in [0, 0.1) is 6.92 Å². The average molecular weight is 392 g/mol. The summed E-state index contributed by atoms with van der Waals surface area (Å²) >= 11 is 0. The number of hydrogen-bond donors (Lipinski definition) is 1. The highest BCUT2D eigenvalue weighted by molar-refractivity contribution is 5.77. The Morgan fingerprint density at radius 2 is 1.97 bits per heavy atom. The number of benzene rings is 1. The third-order valence-electron chi connectivity index (χ3n) is 5.06. The molecule has 1 saturated heterocycles. The van der Waals surface area contributed by atoms with Crippen LogP contribution in [0.4, 0.5) is 5.95 Å². The van der Waals surface area contributed by atoms with Crippen molar-refractivity contribution < 1.29 is 4.79 Å². The van der Waals surface area contributed by atoms with Gasteiger partial charge in [-0.1, -0.05) is 12.1 Å². The predicted molar refractivity (Wildman–Crippen MR) is 111 cm³/mol. The molecule has 2 aromatic heterocycles. The molecule has 0 saturated carbocycles. The molecule has 1 N–H and O–H groups in total. The minimum absolute atomic E-state index is 0.134. The maximum Gasteiger partial charge on any atom is 0.261 e. The fourth-order valence-corrected chi connectivity index (χ4v) is 3.53. The van der Waals surface area contributed by atoms with E-state index in [2.05, 4.69) is 25.2 Å². The molecule has 150 valence electrons. The lowest BCUT2D eigenvalue weighted by Crippen LogP contribution is -2.28. The van der Waals surface area contributed by atoms with Crippen molar-refractivity contribution in [1.82, 2.24) is 24.8 Å². The minimum atomic E-state index is -0.135. The molecule has 0 radical (unpaired) electrons. The van der Waals surface area contributed by atoms with Crippen LogP contribution in [0.3, 0.4) is 0 Å². The Morgan fingerprint density at radius 1 is 1.17 bits per heavy atom. The first-order valence-corrected chi connectivity index (χ1v) is 9.90. The van der Waals surface area contributed by atoms with Crippen LogP contribution >= 0.6 is 0 Å². The molecule has 4 rings (SSSR count). The van der Waals surface area contributed by atoms with Crippen molar-refractivity contribution in [2.45, 2.75) is 39.3 Å². The standard InChI is InChI=1S/C21H24N6O2/c1-15-12-16(25-21(24-15)26-9-4-5-10-26)13-22-19(28)8-11-27-14-23-18-7-3-2-6-17(18)20(27)29/h2-3,6-7,12,14H,4-5,8-11,13H2,1H3,(H,22,28). The van der Waals surface area contributed by atoms with Gasteiger partial charge < -0.3 is 10.2 Å². The van der Waals surface area contributed by atoms with Gasteiger partial charge in [-0.25, -0.2) is 15.0 Å². The number of nitrogens with zero attached hydrogens (tertiary/aromatic N) is 5. The molecule has 0 unspecified atom stereocenters. The number of carbonyl (C=O) groups excluding carboxylic acids is 1. The monoisotopic (exact) mass is 392 g/mol. The Balaban J connectivity index is 1.36. The summed E-state index contributed by atoms with van der Waals surface area (Å²) in [5, 5.41) is 3.44. The molecule has 0 atom stereocenters. The molecule has 29 heavy (non-hydrogen) atoms. The zero-order valence-corrected chi connectivity index (χ0v) is 16.5. The van der Waals surface area contributed by atoms with E-state index in [0.717, 1.165) is 43.3 Å². The average Bonchev–Trinajstić information content (AvgIpc) is 3.27. The maximum atomic E-state index is 12.5. The third kappa shape index (κ3) is 4.42. The van der Waals surface area contributed by atoms with Crippen molar-refractivity contribution in [1.29, 1.82) is 0 Å². The highest BCUT2D eigenvalue weighted by atomic mass is 16.1. The number of carbonyl (C=O) groups is 1. The highest BCUT2D eigenvalue weighted by Gasteiger charge is 2.16. The molecule has 1 aliphatic rings. The molecule has 3 heterocycles. The first-order chi connectivity index (χ1) is 14.1. The molecule has 8 heteroatoms. The Hall–Kier alpha value is -3.29. The van der Waals surface area contributed by atoms with E-state index in [4.69, 9.17) is 0 Å². The Labute approximate surface area is 168 Å². The fourth-order valence-electron chi connectivity index (χ4n) is 3.53. The van der Waals surface area contributed by atoms with Gasteiger partial charge in [0.1, 0.15) is 0 Å². The number of hydrogen-bond acceptors (Lipinski definition) is 6. The van der Waals surface area contributed by atoms with Crippen LogP contribution in [0.15, 0.2) is 41.5 Å². The zero-order valence-electron chi connectivity index (χ0n) is 16.5. The molecular formula is C21H24N6O2. The van der Waals surface area contributed by atoms with E-state index in [1.54, 1.807) is 12.1 Å². The number of aryl methyl sites for hydroxylation is 2. The van der Waals surface area contributed by atoms with E-state index >= 15 is 0 Å². The minimum Gasteiger partial charge on any atom is -0.350 e. The van der Waals surface area contributed by atoms with Gasteiger partial charge in [-0.05, 0) is 38.0 Å². The van der Waals surface area contributed by atoms with Gasteiger partial charge in [-0.3, -0.25) is 14.2 Å². The van der Waals surface area contributed by atoms with Gasteiger partial charge in [0.25, 0.3) is 5.56 Å². The summed E-state index contributed by atoms with van der Waals surface area (Å²) in [5.41, 5.74) is 2.20. The highest BCUT2D eigenvalue weighted by Crippen LogP contribution is 2.16. The Bertz CT molecular complexity index is 1090. The molecule has 8 nitrogen and oxygen atoms in total. The molecule has 0 aliphatic carbocycles. The smallest absolute Gasteiger partial charge is 0.261 e. The molecule has 1 aliphatic heterocycles. The summed E-state index contributed by atoms with van der Waals surface area (Å²) in [5.74, 6) is 0.601. The number of fused-ring (bicyclic) bond motifs is 1. The largest absolute Gasteiger partial charge is 0.350 e. The van der Waals surface area contributed by atoms with Crippen molar-refractivity contribution in [2.24, 2.45) is 0 Å². The number of rotatable bonds is 6. The summed E-state index contributed by atoms with van der Waals surface area (Å²) in [6.07, 6.45) is 4.01. The summed E-state index contributed by atoms with van der Waals surface area (Å²) in [4.78, 5) is 40.3. The van der Waals surface area contributed by atoms with Gasteiger partial charge in [0.15, 0.2) is 0 Å². The number of anilines is 1. The van der Waals surface area contributed by atoms with Crippen LogP contribution in [-0.4, -0.2) is 38.5 Å². The number of nitrogens with one attached hydrogen (secondary N) is 1. The molecule has 0 bridgehead atoms. The van der Waals surface area contributed by atoms with Crippen LogP contribution in [0.5, 0.6) is 0 Å². The van der Waals surface area contributed by atoms with Crippen molar-refractivity contribution in [2.75, 3.05) is 18.0 Å². The quantitative estimate of drug-likeness (QED) is 0.688. The fraction of sp³-hybridized carbons (Fsp3) is 0.381. The van der Waals surface area contributed by atoms with E-state index < -0.39 is 0 Å². The van der Waals surface area contributed by atoms with Crippen LogP contribution in [0.1, 0.15) is 30.7 Å². The van der Waals surface area contributed by atoms with Crippen LogP contribution in [-0.2, 0) is 17.9 Å². The van der Waals surface area contributed by atoms with E-state index in [-0.39, 0.29) is 24.4 Å². The Kier molecular flexibility index (Phi) is 5.50. The van der Waals surface area contributed by atoms with Crippen molar-refractivity contribution in [3.63, 3.8) is 0 Å². The van der Waals surface area contributed by atoms with Gasteiger partial charge >= 0.3 is 0 Å². The maximum absolute atomic E-state index is 12.5. The van der Waals surface area contributed by atoms with Crippen LogP contribution in [0.2, 0.25) is 0 Å². The second-order valence-electron chi connectivity index (χ2n) is 7.28. The normalized spacial score (nSPS) is 13.8. The second-order valence-corrected chi connectivity index (χ2v) is 7.28. The van der Waals surface area contributed by atoms with Gasteiger partial charge in [0, 0.05) is 31.7 Å². The topological polar surface area (TPSA) is 93.0 Å². The predicted octanol–water partition coefficient (Wildman–Crippen LogP) is 1.80. The number of amides is 1. The first-order valence-electron chi connectivity index (χ1n) is 9.90. The summed E-state index contributed by atoms with van der Waals surface area (Å²) in [6, 6.07) is 9.08. The van der Waals surface area contributed by atoms with Gasteiger partial charge in [-0.15, -0.1) is 0 Å². The number of para-hydroxylation sites is 1. The summed E-state index contributed by atoms with van der Waals surface area (Å²) in [6.45, 7) is 4.51.